The van der Waals surface area contributed by atoms with Crippen LogP contribution in [0.1, 0.15) is 5.82 Å². The Hall–Kier alpha value is -3.47. The Morgan fingerprint density at radius 3 is 2.50 bits per heavy atom. The number of para-hydroxylation sites is 2. The largest absolute Gasteiger partial charge is 0.338 e. The fourth-order valence-electron chi connectivity index (χ4n) is 3.35. The molecular formula is C21H15FN4. The van der Waals surface area contributed by atoms with E-state index in [-0.39, 0.29) is 5.82 Å². The molecule has 126 valence electrons. The molecule has 5 rings (SSSR count). The molecule has 2 heterocycles. The number of nitrogens with one attached hydrogen (secondary N) is 1. The molecule has 0 saturated carbocycles. The molecule has 0 spiro atoms. The van der Waals surface area contributed by atoms with Crippen molar-refractivity contribution < 1.29 is 4.39 Å². The Bertz CT molecular complexity index is 1220. The molecular weight excluding hydrogens is 327 g/mol. The third-order valence-electron chi connectivity index (χ3n) is 4.57. The summed E-state index contributed by atoms with van der Waals surface area (Å²) < 4.78 is 15.6. The summed E-state index contributed by atoms with van der Waals surface area (Å²) in [7, 11) is 0. The Labute approximate surface area is 149 Å². The Morgan fingerprint density at radius 2 is 1.69 bits per heavy atom. The molecule has 0 radical (unpaired) electrons. The van der Waals surface area contributed by atoms with Crippen molar-refractivity contribution in [2.75, 3.05) is 0 Å². The second kappa shape index (κ2) is 5.52. The number of imidazole rings is 2. The van der Waals surface area contributed by atoms with Crippen LogP contribution < -0.4 is 0 Å². The fraction of sp³-hybridized carbons (Fsp3) is 0.0476. The van der Waals surface area contributed by atoms with Gasteiger partial charge in [-0.3, -0.25) is 4.57 Å². The second-order valence-electron chi connectivity index (χ2n) is 6.28. The van der Waals surface area contributed by atoms with Crippen LogP contribution >= 0.6 is 0 Å². The van der Waals surface area contributed by atoms with Crippen molar-refractivity contribution in [3.8, 4) is 17.1 Å². The van der Waals surface area contributed by atoms with Crippen LogP contribution in [-0.4, -0.2) is 19.5 Å². The van der Waals surface area contributed by atoms with Gasteiger partial charge in [0.2, 0.25) is 0 Å². The maximum absolute atomic E-state index is 13.7. The van der Waals surface area contributed by atoms with E-state index in [4.69, 9.17) is 0 Å². The lowest BCUT2D eigenvalue weighted by Gasteiger charge is -2.08. The predicted molar refractivity (Wildman–Crippen MR) is 101 cm³/mol. The van der Waals surface area contributed by atoms with Crippen molar-refractivity contribution >= 4 is 22.1 Å². The van der Waals surface area contributed by atoms with Crippen LogP contribution in [0.15, 0.2) is 66.7 Å². The van der Waals surface area contributed by atoms with Crippen LogP contribution in [0.3, 0.4) is 0 Å². The number of hydrogen-bond acceptors (Lipinski definition) is 2. The van der Waals surface area contributed by atoms with Crippen molar-refractivity contribution in [2.24, 2.45) is 0 Å². The van der Waals surface area contributed by atoms with Crippen LogP contribution in [0.25, 0.3) is 39.1 Å². The molecule has 0 atom stereocenters. The van der Waals surface area contributed by atoms with Crippen LogP contribution in [0.2, 0.25) is 0 Å². The van der Waals surface area contributed by atoms with E-state index in [1.165, 1.54) is 12.1 Å². The highest BCUT2D eigenvalue weighted by Crippen LogP contribution is 2.25. The van der Waals surface area contributed by atoms with Gasteiger partial charge in [-0.25, -0.2) is 14.4 Å². The van der Waals surface area contributed by atoms with Crippen molar-refractivity contribution in [3.63, 3.8) is 0 Å². The number of H-pyrrole nitrogens is 1. The number of nitrogens with zero attached hydrogens (tertiary/aromatic N) is 3. The van der Waals surface area contributed by atoms with Crippen LogP contribution in [0.4, 0.5) is 4.39 Å². The molecule has 5 aromatic rings. The summed E-state index contributed by atoms with van der Waals surface area (Å²) in [5, 5.41) is 0. The van der Waals surface area contributed by atoms with E-state index in [1.54, 1.807) is 6.07 Å². The standard InChI is InChI=1S/C21H15FN4/c1-13-23-19-11-8-15(22)12-20(19)26(13)16-9-6-14(7-10-16)21-24-17-4-2-3-5-18(17)25-21/h2-12H,1H3,(H,24,25). The van der Waals surface area contributed by atoms with Crippen LogP contribution in [0, 0.1) is 12.7 Å². The Kier molecular flexibility index (Phi) is 3.15. The minimum absolute atomic E-state index is 0.266. The summed E-state index contributed by atoms with van der Waals surface area (Å²) in [5.41, 5.74) is 5.44. The Balaban J connectivity index is 1.60. The molecule has 5 heteroatoms. The van der Waals surface area contributed by atoms with E-state index in [0.29, 0.717) is 0 Å². The van der Waals surface area contributed by atoms with Crippen molar-refractivity contribution in [1.29, 1.82) is 0 Å². The van der Waals surface area contributed by atoms with Gasteiger partial charge in [-0.2, -0.15) is 0 Å². The summed E-state index contributed by atoms with van der Waals surface area (Å²) >= 11 is 0. The van der Waals surface area contributed by atoms with Gasteiger partial charge in [-0.15, -0.1) is 0 Å². The van der Waals surface area contributed by atoms with Crippen LogP contribution in [0.5, 0.6) is 0 Å². The minimum Gasteiger partial charge on any atom is -0.338 e. The van der Waals surface area contributed by atoms with E-state index < -0.39 is 0 Å². The molecule has 0 fully saturated rings. The summed E-state index contributed by atoms with van der Waals surface area (Å²) in [6, 6.07) is 20.6. The average molecular weight is 342 g/mol. The quantitative estimate of drug-likeness (QED) is 0.490. The zero-order chi connectivity index (χ0) is 17.7. The van der Waals surface area contributed by atoms with E-state index >= 15 is 0 Å². The zero-order valence-electron chi connectivity index (χ0n) is 14.1. The van der Waals surface area contributed by atoms with Crippen molar-refractivity contribution in [3.05, 3.63) is 78.4 Å². The SMILES string of the molecule is Cc1nc2ccc(F)cc2n1-c1ccc(-c2nc3ccccc3[nH]2)cc1. The molecule has 3 aromatic carbocycles. The number of aromatic nitrogens is 4. The highest BCUT2D eigenvalue weighted by molar-refractivity contribution is 5.80. The van der Waals surface area contributed by atoms with Crippen molar-refractivity contribution in [1.82, 2.24) is 19.5 Å². The Morgan fingerprint density at radius 1 is 0.885 bits per heavy atom. The zero-order valence-corrected chi connectivity index (χ0v) is 14.1. The highest BCUT2D eigenvalue weighted by Gasteiger charge is 2.11. The number of aryl methyl sites for hydroxylation is 1. The number of fused-ring (bicyclic) bond motifs is 2. The lowest BCUT2D eigenvalue weighted by atomic mass is 10.2. The van der Waals surface area contributed by atoms with E-state index in [0.717, 1.165) is 45.0 Å². The number of aromatic amines is 1. The lowest BCUT2D eigenvalue weighted by molar-refractivity contribution is 0.629. The normalized spacial score (nSPS) is 11.5. The molecule has 0 unspecified atom stereocenters. The summed E-state index contributed by atoms with van der Waals surface area (Å²) in [6.07, 6.45) is 0. The molecule has 0 aliphatic carbocycles. The van der Waals surface area contributed by atoms with Gasteiger partial charge in [0.15, 0.2) is 0 Å². The maximum Gasteiger partial charge on any atom is 0.138 e. The molecule has 1 N–H and O–H groups in total. The topological polar surface area (TPSA) is 46.5 Å². The van der Waals surface area contributed by atoms with Gasteiger partial charge in [0.1, 0.15) is 17.5 Å². The van der Waals surface area contributed by atoms with Gasteiger partial charge in [-0.05, 0) is 55.5 Å². The summed E-state index contributed by atoms with van der Waals surface area (Å²) in [5.74, 6) is 1.38. The monoisotopic (exact) mass is 342 g/mol. The first-order valence-electron chi connectivity index (χ1n) is 8.39. The first-order chi connectivity index (χ1) is 12.7. The van der Waals surface area contributed by atoms with E-state index in [1.807, 2.05) is 60.0 Å². The average Bonchev–Trinajstić information content (AvgIpc) is 3.22. The molecule has 2 aromatic heterocycles. The van der Waals surface area contributed by atoms with Gasteiger partial charge in [0, 0.05) is 17.3 Å². The molecule has 4 nitrogen and oxygen atoms in total. The first kappa shape index (κ1) is 14.8. The van der Waals surface area contributed by atoms with Crippen molar-refractivity contribution in [2.45, 2.75) is 6.92 Å². The van der Waals surface area contributed by atoms with Crippen LogP contribution in [-0.2, 0) is 0 Å². The second-order valence-corrected chi connectivity index (χ2v) is 6.28. The smallest absolute Gasteiger partial charge is 0.138 e. The maximum atomic E-state index is 13.7. The fourth-order valence-corrected chi connectivity index (χ4v) is 3.35. The van der Waals surface area contributed by atoms with Gasteiger partial charge in [0.05, 0.1) is 22.1 Å². The van der Waals surface area contributed by atoms with Gasteiger partial charge in [0.25, 0.3) is 0 Å². The number of hydrogen-bond donors (Lipinski definition) is 1. The number of rotatable bonds is 2. The minimum atomic E-state index is -0.266. The molecule has 0 saturated heterocycles. The molecule has 0 amide bonds. The third-order valence-corrected chi connectivity index (χ3v) is 4.57. The number of halogens is 1. The van der Waals surface area contributed by atoms with Gasteiger partial charge in [-0.1, -0.05) is 12.1 Å². The van der Waals surface area contributed by atoms with Gasteiger partial charge < -0.3 is 4.98 Å². The predicted octanol–water partition coefficient (Wildman–Crippen LogP) is 5.02. The molecule has 0 aliphatic heterocycles. The van der Waals surface area contributed by atoms with E-state index in [9.17, 15) is 4.39 Å². The number of benzene rings is 3. The molecule has 26 heavy (non-hydrogen) atoms. The molecule has 0 aliphatic rings. The molecule has 0 bridgehead atoms. The van der Waals surface area contributed by atoms with E-state index in [2.05, 4.69) is 15.0 Å². The first-order valence-corrected chi connectivity index (χ1v) is 8.39. The third kappa shape index (κ3) is 2.29. The summed E-state index contributed by atoms with van der Waals surface area (Å²) in [6.45, 7) is 1.92. The lowest BCUT2D eigenvalue weighted by Crippen LogP contribution is -1.97. The highest BCUT2D eigenvalue weighted by atomic mass is 19.1. The van der Waals surface area contributed by atoms with Gasteiger partial charge >= 0.3 is 0 Å². The summed E-state index contributed by atoms with van der Waals surface area (Å²) in [4.78, 5) is 12.5.